The van der Waals surface area contributed by atoms with Gasteiger partial charge in [0.25, 0.3) is 0 Å². The third kappa shape index (κ3) is 6.23. The first-order valence-corrected chi connectivity index (χ1v) is 14.0. The van der Waals surface area contributed by atoms with E-state index >= 15 is 0 Å². The normalized spacial score (nSPS) is 10.8. The highest BCUT2D eigenvalue weighted by atomic mass is 32.2. The molecular weight excluding hydrogens is 520 g/mol. The number of anilines is 1. The van der Waals surface area contributed by atoms with Gasteiger partial charge in [-0.25, -0.2) is 9.59 Å². The predicted molar refractivity (Wildman–Crippen MR) is 143 cm³/mol. The van der Waals surface area contributed by atoms with Gasteiger partial charge in [-0.3, -0.25) is 9.36 Å². The van der Waals surface area contributed by atoms with Gasteiger partial charge in [0.05, 0.1) is 24.5 Å². The predicted octanol–water partition coefficient (Wildman–Crippen LogP) is 5.21. The van der Waals surface area contributed by atoms with Gasteiger partial charge in [-0.15, -0.1) is 39.4 Å². The number of nitrogens with zero attached hydrogens (tertiary/aromatic N) is 3. The van der Waals surface area contributed by atoms with Crippen molar-refractivity contribution in [3.05, 3.63) is 45.0 Å². The molecule has 36 heavy (non-hydrogen) atoms. The lowest BCUT2D eigenvalue weighted by Crippen LogP contribution is -2.17. The van der Waals surface area contributed by atoms with Crippen LogP contribution in [0.5, 0.6) is 0 Å². The highest BCUT2D eigenvalue weighted by Gasteiger charge is 2.27. The molecule has 9 nitrogen and oxygen atoms in total. The third-order valence-electron chi connectivity index (χ3n) is 4.96. The minimum atomic E-state index is -0.609. The molecule has 0 aliphatic heterocycles. The fraction of sp³-hybridized carbons (Fsp3) is 0.375. The zero-order valence-corrected chi connectivity index (χ0v) is 23.0. The largest absolute Gasteiger partial charge is 0.462 e. The number of ether oxygens (including phenoxy) is 2. The maximum atomic E-state index is 12.9. The minimum Gasteiger partial charge on any atom is -0.462 e. The summed E-state index contributed by atoms with van der Waals surface area (Å²) >= 11 is 3.88. The van der Waals surface area contributed by atoms with Gasteiger partial charge in [0.1, 0.15) is 9.88 Å². The van der Waals surface area contributed by atoms with Gasteiger partial charge in [0.2, 0.25) is 5.91 Å². The second kappa shape index (κ2) is 12.8. The molecule has 0 saturated carbocycles. The standard InChI is InChI=1S/C24H28N4O5S3/c1-6-10-28-20(15-11-16(7-2)34-12-15)26-27-24(28)35-13-17(29)25-21-18(22(30)32-8-3)14(5)19(36-21)23(31)33-9-4/h6,11-12H,1,7-10,13H2,2-5H3,(H,25,29). The van der Waals surface area contributed by atoms with E-state index in [0.717, 1.165) is 23.3 Å². The summed E-state index contributed by atoms with van der Waals surface area (Å²) in [5.41, 5.74) is 1.55. The fourth-order valence-corrected chi connectivity index (χ4v) is 5.99. The number of aryl methyl sites for hydroxylation is 1. The molecule has 3 heterocycles. The van der Waals surface area contributed by atoms with E-state index in [1.165, 1.54) is 16.6 Å². The average Bonchev–Trinajstić information content (AvgIpc) is 3.55. The summed E-state index contributed by atoms with van der Waals surface area (Å²) in [6.45, 7) is 11.8. The van der Waals surface area contributed by atoms with Crippen LogP contribution in [0.2, 0.25) is 0 Å². The van der Waals surface area contributed by atoms with E-state index in [1.54, 1.807) is 38.2 Å². The highest BCUT2D eigenvalue weighted by molar-refractivity contribution is 7.99. The van der Waals surface area contributed by atoms with Crippen LogP contribution in [-0.4, -0.2) is 51.6 Å². The van der Waals surface area contributed by atoms with Crippen LogP contribution in [0.4, 0.5) is 5.00 Å². The van der Waals surface area contributed by atoms with Crippen LogP contribution in [0.3, 0.4) is 0 Å². The van der Waals surface area contributed by atoms with Crippen molar-refractivity contribution < 1.29 is 23.9 Å². The molecule has 0 unspecified atom stereocenters. The van der Waals surface area contributed by atoms with Crippen molar-refractivity contribution in [2.24, 2.45) is 0 Å². The maximum absolute atomic E-state index is 12.9. The SMILES string of the molecule is C=CCn1c(SCC(=O)Nc2sc(C(=O)OCC)c(C)c2C(=O)OCC)nnc1-c1csc(CC)c1. The Balaban J connectivity index is 1.79. The zero-order chi connectivity index (χ0) is 26.2. The zero-order valence-electron chi connectivity index (χ0n) is 20.6. The Kier molecular flexibility index (Phi) is 9.85. The second-order valence-corrected chi connectivity index (χ2v) is 10.4. The summed E-state index contributed by atoms with van der Waals surface area (Å²) < 4.78 is 12.1. The van der Waals surface area contributed by atoms with Crippen molar-refractivity contribution in [3.63, 3.8) is 0 Å². The molecule has 192 valence electrons. The number of nitrogens with one attached hydrogen (secondary N) is 1. The van der Waals surface area contributed by atoms with Crippen LogP contribution in [0.1, 0.15) is 51.2 Å². The molecule has 3 aromatic heterocycles. The number of carbonyl (C=O) groups is 3. The van der Waals surface area contributed by atoms with Crippen LogP contribution in [0.25, 0.3) is 11.4 Å². The quantitative estimate of drug-likeness (QED) is 0.187. The number of hydrogen-bond acceptors (Lipinski definition) is 10. The Hall–Kier alpha value is -2.96. The summed E-state index contributed by atoms with van der Waals surface area (Å²) in [7, 11) is 0. The Morgan fingerprint density at radius 2 is 1.89 bits per heavy atom. The topological polar surface area (TPSA) is 112 Å². The number of allylic oxidation sites excluding steroid dienone is 1. The molecule has 0 spiro atoms. The maximum Gasteiger partial charge on any atom is 0.348 e. The van der Waals surface area contributed by atoms with Gasteiger partial charge >= 0.3 is 11.9 Å². The van der Waals surface area contributed by atoms with Crippen molar-refractivity contribution in [1.29, 1.82) is 0 Å². The lowest BCUT2D eigenvalue weighted by atomic mass is 10.1. The van der Waals surface area contributed by atoms with Crippen LogP contribution < -0.4 is 5.32 Å². The first-order valence-electron chi connectivity index (χ1n) is 11.4. The molecular formula is C24H28N4O5S3. The van der Waals surface area contributed by atoms with Crippen LogP contribution in [0.15, 0.2) is 29.3 Å². The molecule has 0 aromatic carbocycles. The summed E-state index contributed by atoms with van der Waals surface area (Å²) in [6, 6.07) is 2.09. The lowest BCUT2D eigenvalue weighted by molar-refractivity contribution is -0.113. The third-order valence-corrected chi connectivity index (χ3v) is 8.20. The first kappa shape index (κ1) is 27.6. The molecule has 1 amide bonds. The minimum absolute atomic E-state index is 0.0209. The number of aromatic nitrogens is 3. The highest BCUT2D eigenvalue weighted by Crippen LogP contribution is 2.35. The van der Waals surface area contributed by atoms with Crippen molar-refractivity contribution in [2.75, 3.05) is 24.3 Å². The molecule has 0 aliphatic carbocycles. The molecule has 12 heteroatoms. The van der Waals surface area contributed by atoms with Gasteiger partial charge in [-0.1, -0.05) is 24.8 Å². The van der Waals surface area contributed by atoms with E-state index in [4.69, 9.17) is 9.47 Å². The Bertz CT molecular complexity index is 1260. The van der Waals surface area contributed by atoms with Gasteiger partial charge < -0.3 is 14.8 Å². The van der Waals surface area contributed by atoms with Gasteiger partial charge in [-0.05, 0) is 38.8 Å². The monoisotopic (exact) mass is 548 g/mol. The van der Waals surface area contributed by atoms with E-state index in [2.05, 4.69) is 35.1 Å². The van der Waals surface area contributed by atoms with Gasteiger partial charge in [0.15, 0.2) is 11.0 Å². The Morgan fingerprint density at radius 3 is 2.53 bits per heavy atom. The summed E-state index contributed by atoms with van der Waals surface area (Å²) in [5.74, 6) is -0.785. The van der Waals surface area contributed by atoms with E-state index in [-0.39, 0.29) is 40.3 Å². The Labute approximate surface area is 221 Å². The number of thiophene rings is 2. The molecule has 0 aliphatic rings. The van der Waals surface area contributed by atoms with Gasteiger partial charge in [0, 0.05) is 22.4 Å². The molecule has 3 rings (SSSR count). The van der Waals surface area contributed by atoms with E-state index in [0.29, 0.717) is 23.1 Å². The van der Waals surface area contributed by atoms with Crippen LogP contribution in [-0.2, 0) is 27.2 Å². The number of hydrogen-bond donors (Lipinski definition) is 1. The van der Waals surface area contributed by atoms with E-state index in [9.17, 15) is 14.4 Å². The van der Waals surface area contributed by atoms with Crippen LogP contribution in [0, 0.1) is 6.92 Å². The van der Waals surface area contributed by atoms with Crippen molar-refractivity contribution >= 4 is 57.3 Å². The molecule has 3 aromatic rings. The van der Waals surface area contributed by atoms with Crippen molar-refractivity contribution in [3.8, 4) is 11.4 Å². The summed E-state index contributed by atoms with van der Waals surface area (Å²) in [5, 5.41) is 14.2. The number of amides is 1. The van der Waals surface area contributed by atoms with Gasteiger partial charge in [-0.2, -0.15) is 0 Å². The van der Waals surface area contributed by atoms with Crippen LogP contribution >= 0.6 is 34.4 Å². The molecule has 0 radical (unpaired) electrons. The fourth-order valence-electron chi connectivity index (χ4n) is 3.32. The molecule has 1 N–H and O–H groups in total. The number of esters is 2. The number of rotatable bonds is 12. The van der Waals surface area contributed by atoms with Crippen molar-refractivity contribution in [2.45, 2.75) is 45.8 Å². The van der Waals surface area contributed by atoms with E-state index < -0.39 is 11.9 Å². The van der Waals surface area contributed by atoms with E-state index in [1.807, 2.05) is 9.95 Å². The smallest absolute Gasteiger partial charge is 0.348 e. The summed E-state index contributed by atoms with van der Waals surface area (Å²) in [4.78, 5) is 39.3. The lowest BCUT2D eigenvalue weighted by Gasteiger charge is -2.08. The molecule has 0 saturated heterocycles. The average molecular weight is 549 g/mol. The number of carbonyl (C=O) groups excluding carboxylic acids is 3. The molecule has 0 bridgehead atoms. The molecule has 0 atom stereocenters. The first-order chi connectivity index (χ1) is 17.3. The van der Waals surface area contributed by atoms with Crippen molar-refractivity contribution in [1.82, 2.24) is 14.8 Å². The second-order valence-electron chi connectivity index (χ2n) is 7.40. The Morgan fingerprint density at radius 1 is 1.17 bits per heavy atom. The molecule has 0 fully saturated rings. The summed E-state index contributed by atoms with van der Waals surface area (Å²) in [6.07, 6.45) is 2.69. The number of thioether (sulfide) groups is 1.